The summed E-state index contributed by atoms with van der Waals surface area (Å²) in [6, 6.07) is 6.72. The van der Waals surface area contributed by atoms with Crippen molar-refractivity contribution < 1.29 is 13.2 Å². The van der Waals surface area contributed by atoms with Gasteiger partial charge in [-0.25, -0.2) is 8.42 Å². The molecule has 0 aliphatic heterocycles. The second kappa shape index (κ2) is 8.17. The minimum Gasteiger partial charge on any atom is -0.330 e. The topological polar surface area (TPSA) is 77.2 Å². The average molecular weight is 297 g/mol. The number of nitrogens with two attached hydrogens (primary N) is 1. The molecule has 0 unspecified atom stereocenters. The van der Waals surface area contributed by atoms with Gasteiger partial charge in [0.1, 0.15) is 5.78 Å². The number of sulfone groups is 1. The number of hydrogen-bond acceptors (Lipinski definition) is 4. The summed E-state index contributed by atoms with van der Waals surface area (Å²) in [5, 5.41) is 0. The van der Waals surface area contributed by atoms with Crippen LogP contribution in [0.3, 0.4) is 0 Å². The smallest absolute Gasteiger partial charge is 0.178 e. The first kappa shape index (κ1) is 16.9. The Balaban J connectivity index is 2.43. The number of hydrogen-bond donors (Lipinski definition) is 1. The van der Waals surface area contributed by atoms with Crippen LogP contribution in [0.4, 0.5) is 0 Å². The molecule has 4 nitrogen and oxygen atoms in total. The zero-order valence-electron chi connectivity index (χ0n) is 12.0. The summed E-state index contributed by atoms with van der Waals surface area (Å²) in [5.41, 5.74) is 6.39. The van der Waals surface area contributed by atoms with Crippen molar-refractivity contribution in [2.45, 2.75) is 43.9 Å². The van der Waals surface area contributed by atoms with Gasteiger partial charge in [0.05, 0.1) is 10.6 Å². The fourth-order valence-corrected chi connectivity index (χ4v) is 3.16. The number of ketones is 1. The first-order valence-corrected chi connectivity index (χ1v) is 8.62. The number of aryl methyl sites for hydroxylation is 1. The van der Waals surface area contributed by atoms with Crippen LogP contribution in [0.1, 0.15) is 37.7 Å². The van der Waals surface area contributed by atoms with E-state index in [1.54, 1.807) is 24.3 Å². The van der Waals surface area contributed by atoms with Crippen LogP contribution in [0.25, 0.3) is 0 Å². The molecule has 1 aromatic carbocycles. The fourth-order valence-electron chi connectivity index (χ4n) is 1.88. The first-order chi connectivity index (χ1) is 9.45. The van der Waals surface area contributed by atoms with E-state index in [-0.39, 0.29) is 18.0 Å². The van der Waals surface area contributed by atoms with Crippen LogP contribution in [0.5, 0.6) is 0 Å². The SMILES string of the molecule is Cc1ccc(S(=O)(=O)CCC(=O)CCCCCN)cc1. The van der Waals surface area contributed by atoms with E-state index in [4.69, 9.17) is 5.73 Å². The molecule has 0 spiro atoms. The van der Waals surface area contributed by atoms with Gasteiger partial charge in [0.15, 0.2) is 9.84 Å². The van der Waals surface area contributed by atoms with E-state index in [1.165, 1.54) is 0 Å². The maximum Gasteiger partial charge on any atom is 0.178 e. The Hall–Kier alpha value is -1.20. The third-order valence-electron chi connectivity index (χ3n) is 3.19. The van der Waals surface area contributed by atoms with Gasteiger partial charge in [0.25, 0.3) is 0 Å². The molecule has 0 bridgehead atoms. The highest BCUT2D eigenvalue weighted by molar-refractivity contribution is 7.91. The van der Waals surface area contributed by atoms with Gasteiger partial charge in [-0.3, -0.25) is 4.79 Å². The van der Waals surface area contributed by atoms with Gasteiger partial charge in [-0.2, -0.15) is 0 Å². The Morgan fingerprint density at radius 1 is 1.05 bits per heavy atom. The van der Waals surface area contributed by atoms with Gasteiger partial charge in [-0.05, 0) is 38.4 Å². The maximum absolute atomic E-state index is 12.1. The van der Waals surface area contributed by atoms with Crippen LogP contribution < -0.4 is 5.73 Å². The summed E-state index contributed by atoms with van der Waals surface area (Å²) >= 11 is 0. The summed E-state index contributed by atoms with van der Waals surface area (Å²) in [6.07, 6.45) is 3.17. The molecule has 2 N–H and O–H groups in total. The van der Waals surface area contributed by atoms with Gasteiger partial charge in [0.2, 0.25) is 0 Å². The lowest BCUT2D eigenvalue weighted by molar-refractivity contribution is -0.118. The van der Waals surface area contributed by atoms with Crippen molar-refractivity contribution in [3.63, 3.8) is 0 Å². The molecule has 0 heterocycles. The summed E-state index contributed by atoms with van der Waals surface area (Å²) in [7, 11) is -3.35. The van der Waals surface area contributed by atoms with Crippen LogP contribution in [0.15, 0.2) is 29.2 Å². The molecule has 0 saturated carbocycles. The lowest BCUT2D eigenvalue weighted by Gasteiger charge is -2.05. The lowest BCUT2D eigenvalue weighted by atomic mass is 10.1. The van der Waals surface area contributed by atoms with E-state index in [1.807, 2.05) is 6.92 Å². The minimum absolute atomic E-state index is 0.0118. The molecule has 0 saturated heterocycles. The summed E-state index contributed by atoms with van der Waals surface area (Å²) < 4.78 is 24.1. The van der Waals surface area contributed by atoms with E-state index in [2.05, 4.69) is 0 Å². The molecular weight excluding hydrogens is 274 g/mol. The molecule has 20 heavy (non-hydrogen) atoms. The zero-order chi connectivity index (χ0) is 15.0. The predicted octanol–water partition coefficient (Wildman–Crippen LogP) is 2.25. The van der Waals surface area contributed by atoms with Crippen LogP contribution in [0.2, 0.25) is 0 Å². The molecule has 0 aromatic heterocycles. The van der Waals surface area contributed by atoms with E-state index in [0.717, 1.165) is 24.8 Å². The maximum atomic E-state index is 12.1. The molecule has 0 fully saturated rings. The Morgan fingerprint density at radius 3 is 2.30 bits per heavy atom. The van der Waals surface area contributed by atoms with Crippen LogP contribution in [-0.4, -0.2) is 26.5 Å². The Bertz CT molecular complexity index is 521. The van der Waals surface area contributed by atoms with Crippen molar-refractivity contribution in [3.05, 3.63) is 29.8 Å². The fraction of sp³-hybridized carbons (Fsp3) is 0.533. The number of carbonyl (C=O) groups is 1. The number of benzene rings is 1. The zero-order valence-corrected chi connectivity index (χ0v) is 12.8. The normalized spacial score (nSPS) is 11.5. The second-order valence-corrected chi connectivity index (χ2v) is 7.13. The highest BCUT2D eigenvalue weighted by Crippen LogP contribution is 2.14. The van der Waals surface area contributed by atoms with Crippen molar-refractivity contribution in [2.75, 3.05) is 12.3 Å². The molecule has 0 aliphatic rings. The molecule has 112 valence electrons. The van der Waals surface area contributed by atoms with E-state index in [9.17, 15) is 13.2 Å². The number of rotatable bonds is 9. The monoisotopic (exact) mass is 297 g/mol. The minimum atomic E-state index is -3.35. The van der Waals surface area contributed by atoms with Crippen molar-refractivity contribution in [1.29, 1.82) is 0 Å². The van der Waals surface area contributed by atoms with Crippen molar-refractivity contribution in [1.82, 2.24) is 0 Å². The Labute approximate surface area is 121 Å². The first-order valence-electron chi connectivity index (χ1n) is 6.97. The lowest BCUT2D eigenvalue weighted by Crippen LogP contribution is -2.11. The molecule has 5 heteroatoms. The third-order valence-corrected chi connectivity index (χ3v) is 4.92. The Kier molecular flexibility index (Phi) is 6.88. The van der Waals surface area contributed by atoms with Gasteiger partial charge in [-0.1, -0.05) is 24.1 Å². The van der Waals surface area contributed by atoms with E-state index in [0.29, 0.717) is 17.9 Å². The standard InChI is InChI=1S/C15H23NO3S/c1-13-6-8-15(9-7-13)20(18,19)12-10-14(17)5-3-2-4-11-16/h6-9H,2-5,10-12,16H2,1H3. The van der Waals surface area contributed by atoms with Crippen LogP contribution in [-0.2, 0) is 14.6 Å². The molecule has 0 amide bonds. The quantitative estimate of drug-likeness (QED) is 0.709. The molecule has 1 rings (SSSR count). The molecular formula is C15H23NO3S. The van der Waals surface area contributed by atoms with Crippen molar-refractivity contribution in [3.8, 4) is 0 Å². The van der Waals surface area contributed by atoms with Crippen LogP contribution >= 0.6 is 0 Å². The Morgan fingerprint density at radius 2 is 1.70 bits per heavy atom. The number of unbranched alkanes of at least 4 members (excludes halogenated alkanes) is 2. The van der Waals surface area contributed by atoms with Crippen LogP contribution in [0, 0.1) is 6.92 Å². The number of carbonyl (C=O) groups excluding carboxylic acids is 1. The van der Waals surface area contributed by atoms with Gasteiger partial charge in [0, 0.05) is 12.8 Å². The van der Waals surface area contributed by atoms with Crippen molar-refractivity contribution >= 4 is 15.6 Å². The molecule has 0 aliphatic carbocycles. The average Bonchev–Trinajstić information content (AvgIpc) is 2.42. The molecule has 0 radical (unpaired) electrons. The molecule has 1 aromatic rings. The summed E-state index contributed by atoms with van der Waals surface area (Å²) in [6.45, 7) is 2.54. The largest absolute Gasteiger partial charge is 0.330 e. The predicted molar refractivity (Wildman–Crippen MR) is 80.4 cm³/mol. The summed E-state index contributed by atoms with van der Waals surface area (Å²) in [5.74, 6) is -0.0936. The highest BCUT2D eigenvalue weighted by Gasteiger charge is 2.16. The third kappa shape index (κ3) is 5.84. The van der Waals surface area contributed by atoms with Gasteiger partial charge < -0.3 is 5.73 Å². The summed E-state index contributed by atoms with van der Waals surface area (Å²) in [4.78, 5) is 11.9. The second-order valence-electron chi connectivity index (χ2n) is 5.02. The van der Waals surface area contributed by atoms with Gasteiger partial charge in [-0.15, -0.1) is 0 Å². The van der Waals surface area contributed by atoms with E-state index < -0.39 is 9.84 Å². The number of Topliss-reactive ketones (excluding diaryl/α,β-unsaturated/α-hetero) is 1. The highest BCUT2D eigenvalue weighted by atomic mass is 32.2. The van der Waals surface area contributed by atoms with Gasteiger partial charge >= 0.3 is 0 Å². The molecule has 0 atom stereocenters. The van der Waals surface area contributed by atoms with Crippen molar-refractivity contribution in [2.24, 2.45) is 5.73 Å². The van der Waals surface area contributed by atoms with E-state index >= 15 is 0 Å².